The van der Waals surface area contributed by atoms with E-state index in [4.69, 9.17) is 9.47 Å². The third-order valence-corrected chi connectivity index (χ3v) is 5.39. The molecular formula is C16H23N3O3. The molecule has 0 unspecified atom stereocenters. The van der Waals surface area contributed by atoms with Gasteiger partial charge in [0.05, 0.1) is 13.2 Å². The highest BCUT2D eigenvalue weighted by molar-refractivity contribution is 5.94. The monoisotopic (exact) mass is 305 g/mol. The van der Waals surface area contributed by atoms with Crippen LogP contribution in [0.1, 0.15) is 47.9 Å². The smallest absolute Gasteiger partial charge is 0.274 e. The van der Waals surface area contributed by atoms with Gasteiger partial charge in [-0.3, -0.25) is 9.89 Å². The predicted molar refractivity (Wildman–Crippen MR) is 79.5 cm³/mol. The number of likely N-dealkylation sites (tertiary alicyclic amines) is 1. The fraction of sp³-hybridized carbons (Fsp3) is 0.750. The van der Waals surface area contributed by atoms with E-state index in [0.29, 0.717) is 24.8 Å². The molecule has 2 aliphatic heterocycles. The average Bonchev–Trinajstić information content (AvgIpc) is 3.23. The molecule has 3 aliphatic rings. The standard InChI is InChI=1S/C16H23N3O3/c1-16(21-9-10-22-16)11-5-7-19(8-6-11)15(20)14-12-3-2-4-13(12)17-18-14/h11H,2-10H2,1H3,(H,17,18). The molecule has 3 heterocycles. The number of nitrogens with zero attached hydrogens (tertiary/aromatic N) is 2. The van der Waals surface area contributed by atoms with Crippen LogP contribution >= 0.6 is 0 Å². The third kappa shape index (κ3) is 2.25. The fourth-order valence-corrected chi connectivity index (χ4v) is 4.02. The molecule has 2 fully saturated rings. The van der Waals surface area contributed by atoms with E-state index in [-0.39, 0.29) is 5.91 Å². The number of aromatic amines is 1. The topological polar surface area (TPSA) is 67.5 Å². The number of ether oxygens (including phenoxy) is 2. The largest absolute Gasteiger partial charge is 0.348 e. The minimum atomic E-state index is -0.456. The molecule has 0 radical (unpaired) electrons. The van der Waals surface area contributed by atoms with Gasteiger partial charge in [-0.15, -0.1) is 0 Å². The number of hydrogen-bond acceptors (Lipinski definition) is 4. The molecule has 0 atom stereocenters. The fourth-order valence-electron chi connectivity index (χ4n) is 4.02. The summed E-state index contributed by atoms with van der Waals surface area (Å²) in [5, 5.41) is 7.29. The molecule has 0 saturated carbocycles. The Morgan fingerprint density at radius 1 is 1.27 bits per heavy atom. The maximum atomic E-state index is 12.7. The highest BCUT2D eigenvalue weighted by Gasteiger charge is 2.42. The van der Waals surface area contributed by atoms with Crippen LogP contribution in [0.5, 0.6) is 0 Å². The lowest BCUT2D eigenvalue weighted by Crippen LogP contribution is -2.46. The lowest BCUT2D eigenvalue weighted by Gasteiger charge is -2.38. The number of carbonyl (C=O) groups excluding carboxylic acids is 1. The van der Waals surface area contributed by atoms with Gasteiger partial charge in [0.2, 0.25) is 0 Å². The van der Waals surface area contributed by atoms with Crippen molar-refractivity contribution in [2.24, 2.45) is 5.92 Å². The third-order valence-electron chi connectivity index (χ3n) is 5.39. The average molecular weight is 305 g/mol. The quantitative estimate of drug-likeness (QED) is 0.899. The van der Waals surface area contributed by atoms with Gasteiger partial charge in [0.1, 0.15) is 0 Å². The van der Waals surface area contributed by atoms with Gasteiger partial charge in [-0.25, -0.2) is 0 Å². The van der Waals surface area contributed by atoms with Crippen LogP contribution in [0.4, 0.5) is 0 Å². The van der Waals surface area contributed by atoms with Crippen molar-refractivity contribution in [1.29, 1.82) is 0 Å². The van der Waals surface area contributed by atoms with E-state index in [9.17, 15) is 4.79 Å². The molecule has 120 valence electrons. The Labute approximate surface area is 130 Å². The number of nitrogens with one attached hydrogen (secondary N) is 1. The first-order chi connectivity index (χ1) is 10.7. The van der Waals surface area contributed by atoms with Crippen LogP contribution in [-0.4, -0.2) is 53.1 Å². The molecule has 0 spiro atoms. The second-order valence-corrected chi connectivity index (χ2v) is 6.66. The van der Waals surface area contributed by atoms with Gasteiger partial charge in [0.25, 0.3) is 5.91 Å². The van der Waals surface area contributed by atoms with Crippen molar-refractivity contribution >= 4 is 5.91 Å². The van der Waals surface area contributed by atoms with Gasteiger partial charge < -0.3 is 14.4 Å². The number of carbonyl (C=O) groups is 1. The van der Waals surface area contributed by atoms with Gasteiger partial charge >= 0.3 is 0 Å². The first-order valence-electron chi connectivity index (χ1n) is 8.31. The van der Waals surface area contributed by atoms with E-state index in [1.54, 1.807) is 0 Å². The van der Waals surface area contributed by atoms with E-state index >= 15 is 0 Å². The van der Waals surface area contributed by atoms with E-state index < -0.39 is 5.79 Å². The Balaban J connectivity index is 1.42. The van der Waals surface area contributed by atoms with Crippen LogP contribution in [0.3, 0.4) is 0 Å². The van der Waals surface area contributed by atoms with Crippen molar-refractivity contribution in [1.82, 2.24) is 15.1 Å². The summed E-state index contributed by atoms with van der Waals surface area (Å²) in [5.74, 6) is -0.0110. The van der Waals surface area contributed by atoms with E-state index in [0.717, 1.165) is 56.5 Å². The number of fused-ring (bicyclic) bond motifs is 1. The van der Waals surface area contributed by atoms with Gasteiger partial charge in [0, 0.05) is 30.3 Å². The number of hydrogen-bond donors (Lipinski definition) is 1. The highest BCUT2D eigenvalue weighted by atomic mass is 16.7. The second kappa shape index (κ2) is 5.35. The Morgan fingerprint density at radius 3 is 2.73 bits per heavy atom. The van der Waals surface area contributed by atoms with E-state index in [1.165, 1.54) is 0 Å². The lowest BCUT2D eigenvalue weighted by molar-refractivity contribution is -0.189. The normalized spacial score (nSPS) is 24.7. The lowest BCUT2D eigenvalue weighted by atomic mass is 9.89. The molecular weight excluding hydrogens is 282 g/mol. The minimum Gasteiger partial charge on any atom is -0.348 e. The van der Waals surface area contributed by atoms with Crippen LogP contribution in [0.15, 0.2) is 0 Å². The van der Waals surface area contributed by atoms with E-state index in [1.807, 2.05) is 11.8 Å². The first-order valence-corrected chi connectivity index (χ1v) is 8.31. The van der Waals surface area contributed by atoms with Crippen molar-refractivity contribution in [3.05, 3.63) is 17.0 Å². The summed E-state index contributed by atoms with van der Waals surface area (Å²) >= 11 is 0. The first kappa shape index (κ1) is 14.2. The summed E-state index contributed by atoms with van der Waals surface area (Å²) in [4.78, 5) is 14.6. The number of H-pyrrole nitrogens is 1. The van der Waals surface area contributed by atoms with Crippen LogP contribution < -0.4 is 0 Å². The molecule has 22 heavy (non-hydrogen) atoms. The SMILES string of the molecule is CC1(C2CCN(C(=O)c3n[nH]c4c3CCC4)CC2)OCCO1. The van der Waals surface area contributed by atoms with Crippen molar-refractivity contribution in [3.8, 4) is 0 Å². The Kier molecular flexibility index (Phi) is 3.46. The zero-order valence-electron chi connectivity index (χ0n) is 13.1. The number of aryl methyl sites for hydroxylation is 1. The molecule has 1 N–H and O–H groups in total. The van der Waals surface area contributed by atoms with Crippen molar-refractivity contribution in [3.63, 3.8) is 0 Å². The zero-order chi connectivity index (χ0) is 15.2. The summed E-state index contributed by atoms with van der Waals surface area (Å²) < 4.78 is 11.5. The molecule has 1 aromatic heterocycles. The molecule has 1 aliphatic carbocycles. The summed E-state index contributed by atoms with van der Waals surface area (Å²) in [6, 6.07) is 0. The predicted octanol–water partition coefficient (Wildman–Crippen LogP) is 1.51. The molecule has 0 aromatic carbocycles. The molecule has 4 rings (SSSR count). The number of piperidine rings is 1. The number of amides is 1. The van der Waals surface area contributed by atoms with Gasteiger partial charge in [-0.1, -0.05) is 0 Å². The summed E-state index contributed by atoms with van der Waals surface area (Å²) in [6.07, 6.45) is 4.97. The molecule has 1 amide bonds. The van der Waals surface area contributed by atoms with Gasteiger partial charge in [-0.2, -0.15) is 5.10 Å². The van der Waals surface area contributed by atoms with E-state index in [2.05, 4.69) is 10.2 Å². The maximum Gasteiger partial charge on any atom is 0.274 e. The second-order valence-electron chi connectivity index (χ2n) is 6.66. The summed E-state index contributed by atoms with van der Waals surface area (Å²) in [6.45, 7) is 4.90. The Hall–Kier alpha value is -1.40. The molecule has 1 aromatic rings. The highest BCUT2D eigenvalue weighted by Crippen LogP contribution is 2.35. The minimum absolute atomic E-state index is 0.0799. The van der Waals surface area contributed by atoms with Crippen LogP contribution in [0, 0.1) is 5.92 Å². The van der Waals surface area contributed by atoms with Gasteiger partial charge in [0.15, 0.2) is 11.5 Å². The van der Waals surface area contributed by atoms with Crippen molar-refractivity contribution < 1.29 is 14.3 Å². The summed E-state index contributed by atoms with van der Waals surface area (Å²) in [7, 11) is 0. The van der Waals surface area contributed by atoms with Crippen LogP contribution in [-0.2, 0) is 22.3 Å². The van der Waals surface area contributed by atoms with Crippen LogP contribution in [0.2, 0.25) is 0 Å². The number of aromatic nitrogens is 2. The van der Waals surface area contributed by atoms with Crippen molar-refractivity contribution in [2.45, 2.75) is 44.8 Å². The number of rotatable bonds is 2. The summed E-state index contributed by atoms with van der Waals surface area (Å²) in [5.41, 5.74) is 2.94. The Morgan fingerprint density at radius 2 is 2.00 bits per heavy atom. The van der Waals surface area contributed by atoms with Gasteiger partial charge in [-0.05, 0) is 39.0 Å². The zero-order valence-corrected chi connectivity index (χ0v) is 13.1. The maximum absolute atomic E-state index is 12.7. The molecule has 6 nitrogen and oxygen atoms in total. The molecule has 6 heteroatoms. The molecule has 2 saturated heterocycles. The Bertz CT molecular complexity index is 569. The molecule has 0 bridgehead atoms. The van der Waals surface area contributed by atoms with Crippen molar-refractivity contribution in [2.75, 3.05) is 26.3 Å². The van der Waals surface area contributed by atoms with Crippen LogP contribution in [0.25, 0.3) is 0 Å².